The molecule has 1 aromatic rings. The van der Waals surface area contributed by atoms with Crippen LogP contribution in [-0.2, 0) is 6.42 Å². The Morgan fingerprint density at radius 1 is 1.33 bits per heavy atom. The molecule has 2 radical (unpaired) electrons. The molecule has 1 aromatic carbocycles. The minimum Gasteiger partial charge on any atom is -0.116 e. The number of hydrogen-bond acceptors (Lipinski definition) is 1. The molecular weight excluding hydrogens is 128 g/mol. The third-order valence-electron chi connectivity index (χ3n) is 1.42. The second-order valence-electron chi connectivity index (χ2n) is 2.03. The molecule has 9 heavy (non-hydrogen) atoms. The van der Waals surface area contributed by atoms with Crippen LogP contribution in [0.5, 0.6) is 0 Å². The predicted molar refractivity (Wildman–Crippen MR) is 39.2 cm³/mol. The van der Waals surface area contributed by atoms with Gasteiger partial charge in [0.1, 0.15) is 0 Å². The van der Waals surface area contributed by atoms with Crippen molar-refractivity contribution in [2.45, 2.75) is 11.3 Å². The van der Waals surface area contributed by atoms with E-state index in [-0.39, 0.29) is 0 Å². The Balaban J connectivity index is 2.54. The molecular formula is C8H6S. The summed E-state index contributed by atoms with van der Waals surface area (Å²) in [7, 11) is 0. The SMILES string of the molecule is [C]1Cc2ccccc2S1. The van der Waals surface area contributed by atoms with Gasteiger partial charge in [-0.1, -0.05) is 18.2 Å². The molecule has 0 spiro atoms. The molecule has 0 N–H and O–H groups in total. The van der Waals surface area contributed by atoms with E-state index < -0.39 is 0 Å². The van der Waals surface area contributed by atoms with Crippen LogP contribution in [0.25, 0.3) is 0 Å². The predicted octanol–water partition coefficient (Wildman–Crippen LogP) is 2.37. The van der Waals surface area contributed by atoms with Crippen molar-refractivity contribution < 1.29 is 0 Å². The fourth-order valence-corrected chi connectivity index (χ4v) is 1.74. The molecule has 0 saturated carbocycles. The maximum Gasteiger partial charge on any atom is 0.0582 e. The number of rotatable bonds is 0. The summed E-state index contributed by atoms with van der Waals surface area (Å²) in [4.78, 5) is 1.37. The molecule has 1 heterocycles. The lowest BCUT2D eigenvalue weighted by Crippen LogP contribution is -1.74. The van der Waals surface area contributed by atoms with Crippen LogP contribution in [-0.4, -0.2) is 0 Å². The van der Waals surface area contributed by atoms with Gasteiger partial charge >= 0.3 is 0 Å². The lowest BCUT2D eigenvalue weighted by molar-refractivity contribution is 1.21. The van der Waals surface area contributed by atoms with Crippen LogP contribution in [0, 0.1) is 5.75 Å². The summed E-state index contributed by atoms with van der Waals surface area (Å²) in [5.74, 6) is 3.20. The van der Waals surface area contributed by atoms with Gasteiger partial charge in [0, 0.05) is 4.90 Å². The van der Waals surface area contributed by atoms with E-state index in [1.165, 1.54) is 10.5 Å². The van der Waals surface area contributed by atoms with Crippen molar-refractivity contribution in [1.82, 2.24) is 0 Å². The lowest BCUT2D eigenvalue weighted by atomic mass is 10.2. The maximum absolute atomic E-state index is 3.20. The van der Waals surface area contributed by atoms with Gasteiger partial charge in [-0.25, -0.2) is 0 Å². The zero-order valence-corrected chi connectivity index (χ0v) is 5.74. The molecule has 0 amide bonds. The van der Waals surface area contributed by atoms with Crippen LogP contribution in [0.15, 0.2) is 29.2 Å². The Morgan fingerprint density at radius 3 is 3.11 bits per heavy atom. The smallest absolute Gasteiger partial charge is 0.0582 e. The Bertz CT molecular complexity index is 195. The van der Waals surface area contributed by atoms with Gasteiger partial charge in [0.2, 0.25) is 0 Å². The topological polar surface area (TPSA) is 0 Å². The van der Waals surface area contributed by atoms with Crippen molar-refractivity contribution in [3.05, 3.63) is 35.6 Å². The molecule has 1 aliphatic rings. The Labute approximate surface area is 59.3 Å². The average molecular weight is 134 g/mol. The first-order chi connectivity index (χ1) is 4.47. The molecule has 0 aromatic heterocycles. The standard InChI is InChI=1S/C8H6S/c1-2-4-8-7(3-1)5-6-9-8/h1-4H,5H2. The second-order valence-corrected chi connectivity index (χ2v) is 2.96. The lowest BCUT2D eigenvalue weighted by Gasteiger charge is -1.91. The van der Waals surface area contributed by atoms with Gasteiger partial charge in [-0.2, -0.15) is 0 Å². The zero-order chi connectivity index (χ0) is 6.10. The number of fused-ring (bicyclic) bond motifs is 1. The highest BCUT2D eigenvalue weighted by atomic mass is 32.2. The summed E-state index contributed by atoms with van der Waals surface area (Å²) < 4.78 is 0. The van der Waals surface area contributed by atoms with Crippen LogP contribution in [0.3, 0.4) is 0 Å². The summed E-state index contributed by atoms with van der Waals surface area (Å²) in [5, 5.41) is 0. The molecule has 2 rings (SSSR count). The van der Waals surface area contributed by atoms with E-state index in [2.05, 4.69) is 30.0 Å². The summed E-state index contributed by atoms with van der Waals surface area (Å²) in [6.07, 6.45) is 1.01. The Kier molecular flexibility index (Phi) is 1.23. The van der Waals surface area contributed by atoms with Crippen molar-refractivity contribution in [2.75, 3.05) is 0 Å². The zero-order valence-electron chi connectivity index (χ0n) is 4.92. The first kappa shape index (κ1) is 5.36. The van der Waals surface area contributed by atoms with E-state index in [0.29, 0.717) is 0 Å². The second kappa shape index (κ2) is 2.07. The highest BCUT2D eigenvalue weighted by Crippen LogP contribution is 2.33. The minimum atomic E-state index is 1.01. The molecule has 0 aliphatic carbocycles. The van der Waals surface area contributed by atoms with E-state index >= 15 is 0 Å². The number of thioether (sulfide) groups is 1. The molecule has 1 aliphatic heterocycles. The van der Waals surface area contributed by atoms with Crippen LogP contribution in [0.1, 0.15) is 5.56 Å². The molecule has 0 atom stereocenters. The Hall–Kier alpha value is -0.430. The fraction of sp³-hybridized carbons (Fsp3) is 0.125. The third kappa shape index (κ3) is 0.855. The van der Waals surface area contributed by atoms with Crippen molar-refractivity contribution in [3.63, 3.8) is 0 Å². The monoisotopic (exact) mass is 134 g/mol. The third-order valence-corrected chi connectivity index (χ3v) is 2.32. The quantitative estimate of drug-likeness (QED) is 0.525. The summed E-state index contributed by atoms with van der Waals surface area (Å²) in [5.41, 5.74) is 1.42. The van der Waals surface area contributed by atoms with E-state index in [1.54, 1.807) is 11.8 Å². The van der Waals surface area contributed by atoms with Gasteiger partial charge < -0.3 is 0 Å². The van der Waals surface area contributed by atoms with Gasteiger partial charge in [0.15, 0.2) is 0 Å². The van der Waals surface area contributed by atoms with Crippen molar-refractivity contribution >= 4 is 11.8 Å². The van der Waals surface area contributed by atoms with Gasteiger partial charge in [-0.3, -0.25) is 0 Å². The van der Waals surface area contributed by atoms with Crippen LogP contribution in [0.4, 0.5) is 0 Å². The molecule has 0 bridgehead atoms. The fourth-order valence-electron chi connectivity index (χ4n) is 0.941. The summed E-state index contributed by atoms with van der Waals surface area (Å²) in [6.45, 7) is 0. The number of benzene rings is 1. The first-order valence-electron chi connectivity index (χ1n) is 2.94. The first-order valence-corrected chi connectivity index (χ1v) is 3.76. The summed E-state index contributed by atoms with van der Waals surface area (Å²) >= 11 is 1.72. The Morgan fingerprint density at radius 2 is 2.22 bits per heavy atom. The molecule has 0 fully saturated rings. The largest absolute Gasteiger partial charge is 0.116 e. The van der Waals surface area contributed by atoms with E-state index in [9.17, 15) is 0 Å². The highest BCUT2D eigenvalue weighted by molar-refractivity contribution is 8.01. The number of hydrogen-bond donors (Lipinski definition) is 0. The molecule has 44 valence electrons. The molecule has 0 nitrogen and oxygen atoms in total. The molecule has 1 heteroatoms. The average Bonchev–Trinajstić information content (AvgIpc) is 2.33. The highest BCUT2D eigenvalue weighted by Gasteiger charge is 2.09. The van der Waals surface area contributed by atoms with Crippen molar-refractivity contribution in [1.29, 1.82) is 0 Å². The normalized spacial score (nSPS) is 15.6. The molecule has 0 saturated heterocycles. The van der Waals surface area contributed by atoms with Gasteiger partial charge in [0.25, 0.3) is 0 Å². The van der Waals surface area contributed by atoms with Crippen LogP contribution in [0.2, 0.25) is 0 Å². The maximum atomic E-state index is 3.20. The van der Waals surface area contributed by atoms with Crippen LogP contribution < -0.4 is 0 Å². The van der Waals surface area contributed by atoms with E-state index in [4.69, 9.17) is 0 Å². The van der Waals surface area contributed by atoms with E-state index in [0.717, 1.165) is 6.42 Å². The van der Waals surface area contributed by atoms with Gasteiger partial charge in [0.05, 0.1) is 5.75 Å². The van der Waals surface area contributed by atoms with Gasteiger partial charge in [-0.05, 0) is 18.1 Å². The van der Waals surface area contributed by atoms with E-state index in [1.807, 2.05) is 0 Å². The van der Waals surface area contributed by atoms with Crippen LogP contribution >= 0.6 is 11.8 Å². The van der Waals surface area contributed by atoms with Crippen molar-refractivity contribution in [3.8, 4) is 0 Å². The van der Waals surface area contributed by atoms with Gasteiger partial charge in [-0.15, -0.1) is 11.8 Å². The summed E-state index contributed by atoms with van der Waals surface area (Å²) in [6, 6.07) is 8.44. The van der Waals surface area contributed by atoms with Crippen molar-refractivity contribution in [2.24, 2.45) is 0 Å². The minimum absolute atomic E-state index is 1.01. The molecule has 0 unspecified atom stereocenters.